The number of phenols is 4. The van der Waals surface area contributed by atoms with Gasteiger partial charge >= 0.3 is 0 Å². The Bertz CT molecular complexity index is 1440. The molecule has 0 saturated carbocycles. The number of benzene rings is 3. The first-order valence-electron chi connectivity index (χ1n) is 13.4. The van der Waals surface area contributed by atoms with Gasteiger partial charge in [0.1, 0.15) is 0 Å². The lowest BCUT2D eigenvalue weighted by Gasteiger charge is -2.12. The van der Waals surface area contributed by atoms with Crippen LogP contribution in [0.4, 0.5) is 0 Å². The first kappa shape index (κ1) is 31.3. The van der Waals surface area contributed by atoms with E-state index in [1.807, 2.05) is 0 Å². The van der Waals surface area contributed by atoms with Crippen LogP contribution >= 0.6 is 0 Å². The van der Waals surface area contributed by atoms with Crippen molar-refractivity contribution < 1.29 is 49.3 Å². The highest BCUT2D eigenvalue weighted by molar-refractivity contribution is 5.91. The van der Waals surface area contributed by atoms with Gasteiger partial charge in [-0.3, -0.25) is 0 Å². The average molecular weight is 609 g/mol. The molecular formula is C30H32N4O10. The highest BCUT2D eigenvalue weighted by Gasteiger charge is 2.13. The lowest BCUT2D eigenvalue weighted by atomic mass is 10.00. The Morgan fingerprint density at radius 3 is 1.18 bits per heavy atom. The standard InChI is InChI=1S/C30H32N4O10/c1-39-25-13-19-3-4-20-12-24(28(36)26(14-20)40-2)18-34-44-10-8-42-32-16-22-6-5-21(29(37)30(22)38)15-31-41-7-9-43-33-17-23(11-19)27(25)35/h5-6,11-18,35-38H,3-4,7-10H2,1-2H3/b31-15-,32-16?,33-17-,34-18?. The normalized spacial score (nSPS) is 15.8. The Labute approximate surface area is 252 Å². The van der Waals surface area contributed by atoms with E-state index in [1.54, 1.807) is 24.3 Å². The van der Waals surface area contributed by atoms with Crippen molar-refractivity contribution in [3.8, 4) is 34.5 Å². The van der Waals surface area contributed by atoms with Crippen molar-refractivity contribution in [1.29, 1.82) is 0 Å². The Hall–Kier alpha value is -5.66. The molecule has 14 heteroatoms. The maximum Gasteiger partial charge on any atom is 0.167 e. The highest BCUT2D eigenvalue weighted by atomic mass is 16.7. The second-order valence-corrected chi connectivity index (χ2v) is 9.18. The number of methoxy groups -OCH3 is 2. The predicted molar refractivity (Wildman–Crippen MR) is 161 cm³/mol. The van der Waals surface area contributed by atoms with E-state index in [0.29, 0.717) is 24.0 Å². The fourth-order valence-electron chi connectivity index (χ4n) is 4.02. The summed E-state index contributed by atoms with van der Waals surface area (Å²) in [7, 11) is 2.90. The number of hydrogen-bond acceptors (Lipinski definition) is 14. The van der Waals surface area contributed by atoms with Crippen molar-refractivity contribution in [2.45, 2.75) is 12.8 Å². The third-order valence-electron chi connectivity index (χ3n) is 6.28. The fraction of sp³-hybridized carbons (Fsp3) is 0.267. The van der Waals surface area contributed by atoms with Crippen LogP contribution in [0.2, 0.25) is 0 Å². The molecule has 44 heavy (non-hydrogen) atoms. The molecule has 0 fully saturated rings. The molecule has 0 radical (unpaired) electrons. The summed E-state index contributed by atoms with van der Waals surface area (Å²) in [5.74, 6) is -0.499. The maximum absolute atomic E-state index is 10.6. The molecule has 2 aliphatic heterocycles. The second-order valence-electron chi connectivity index (χ2n) is 9.18. The van der Waals surface area contributed by atoms with Crippen LogP contribution in [0.15, 0.2) is 57.0 Å². The number of ether oxygens (including phenoxy) is 2. The van der Waals surface area contributed by atoms with E-state index < -0.39 is 11.5 Å². The molecule has 0 saturated heterocycles. The van der Waals surface area contributed by atoms with Crippen LogP contribution in [0.3, 0.4) is 0 Å². The zero-order chi connectivity index (χ0) is 31.3. The number of rotatable bonds is 2. The summed E-state index contributed by atoms with van der Waals surface area (Å²) in [5.41, 5.74) is 2.87. The Kier molecular flexibility index (Phi) is 11.0. The molecule has 0 atom stereocenters. The molecule has 0 aromatic heterocycles. The molecule has 5 rings (SSSR count). The van der Waals surface area contributed by atoms with E-state index in [1.165, 1.54) is 51.2 Å². The van der Waals surface area contributed by atoms with E-state index in [0.717, 1.165) is 11.1 Å². The van der Waals surface area contributed by atoms with Crippen molar-refractivity contribution in [2.24, 2.45) is 20.6 Å². The first-order valence-corrected chi connectivity index (χ1v) is 13.4. The summed E-state index contributed by atoms with van der Waals surface area (Å²) in [5, 5.41) is 57.0. The van der Waals surface area contributed by atoms with Crippen molar-refractivity contribution in [3.63, 3.8) is 0 Å². The molecule has 2 heterocycles. The number of hydrogen-bond donors (Lipinski definition) is 4. The molecule has 0 amide bonds. The summed E-state index contributed by atoms with van der Waals surface area (Å²) < 4.78 is 10.7. The fourth-order valence-corrected chi connectivity index (χ4v) is 4.02. The van der Waals surface area contributed by atoms with Crippen LogP contribution in [0.5, 0.6) is 34.5 Å². The molecule has 14 nitrogen and oxygen atoms in total. The third kappa shape index (κ3) is 8.21. The monoisotopic (exact) mass is 608 g/mol. The van der Waals surface area contributed by atoms with Crippen LogP contribution < -0.4 is 9.47 Å². The van der Waals surface area contributed by atoms with Gasteiger partial charge in [0.2, 0.25) is 0 Å². The minimum absolute atomic E-state index is 0.0323. The summed E-state index contributed by atoms with van der Waals surface area (Å²) in [6, 6.07) is 9.98. The van der Waals surface area contributed by atoms with Crippen molar-refractivity contribution >= 4 is 24.9 Å². The van der Waals surface area contributed by atoms with Crippen molar-refractivity contribution in [3.05, 3.63) is 69.8 Å². The highest BCUT2D eigenvalue weighted by Crippen LogP contribution is 2.34. The Morgan fingerprint density at radius 2 is 0.841 bits per heavy atom. The van der Waals surface area contributed by atoms with Crippen molar-refractivity contribution in [2.75, 3.05) is 40.6 Å². The lowest BCUT2D eigenvalue weighted by molar-refractivity contribution is 0.0552. The molecular weight excluding hydrogens is 576 g/mol. The minimum Gasteiger partial charge on any atom is -0.504 e. The second kappa shape index (κ2) is 15.5. The molecule has 0 unspecified atom stereocenters. The molecule has 3 aromatic rings. The van der Waals surface area contributed by atoms with Gasteiger partial charge in [0.25, 0.3) is 0 Å². The maximum atomic E-state index is 10.6. The lowest BCUT2D eigenvalue weighted by Crippen LogP contribution is -2.00. The van der Waals surface area contributed by atoms with Crippen LogP contribution in [0.1, 0.15) is 33.4 Å². The zero-order valence-electron chi connectivity index (χ0n) is 24.0. The van der Waals surface area contributed by atoms with Crippen molar-refractivity contribution in [1.82, 2.24) is 0 Å². The molecule has 232 valence electrons. The van der Waals surface area contributed by atoms with Gasteiger partial charge in [0.05, 0.1) is 39.1 Å². The molecule has 6 bridgehead atoms. The largest absolute Gasteiger partial charge is 0.504 e. The van der Waals surface area contributed by atoms with Gasteiger partial charge in [-0.05, 0) is 60.4 Å². The van der Waals surface area contributed by atoms with Crippen LogP contribution in [-0.4, -0.2) is 85.9 Å². The predicted octanol–water partition coefficient (Wildman–Crippen LogP) is 3.43. The summed E-state index contributed by atoms with van der Waals surface area (Å²) in [6.45, 7) is 0.143. The smallest absolute Gasteiger partial charge is 0.167 e. The topological polar surface area (TPSA) is 186 Å². The number of phenolic OH excluding ortho intramolecular Hbond substituents is 4. The van der Waals surface area contributed by atoms with Gasteiger partial charge in [0, 0.05) is 22.3 Å². The number of aromatic hydroxyl groups is 4. The average Bonchev–Trinajstić information content (AvgIpc) is 3.03. The van der Waals surface area contributed by atoms with E-state index in [4.69, 9.17) is 28.8 Å². The first-order chi connectivity index (χ1) is 21.4. The number of aryl methyl sites for hydroxylation is 2. The number of fused-ring (bicyclic) bond motifs is 13. The number of oxime groups is 4. The van der Waals surface area contributed by atoms with Gasteiger partial charge in [-0.1, -0.05) is 20.6 Å². The molecule has 0 aliphatic carbocycles. The van der Waals surface area contributed by atoms with E-state index in [2.05, 4.69) is 20.6 Å². The summed E-state index contributed by atoms with van der Waals surface area (Å²) in [4.78, 5) is 20.7. The van der Waals surface area contributed by atoms with Gasteiger partial charge in [-0.15, -0.1) is 0 Å². The number of nitrogens with zero attached hydrogens (tertiary/aromatic N) is 4. The van der Waals surface area contributed by atoms with E-state index in [-0.39, 0.29) is 60.6 Å². The molecule has 4 N–H and O–H groups in total. The van der Waals surface area contributed by atoms with Crippen LogP contribution in [0.25, 0.3) is 0 Å². The minimum atomic E-state index is -0.422. The van der Waals surface area contributed by atoms with Gasteiger partial charge in [0.15, 0.2) is 60.9 Å². The quantitative estimate of drug-likeness (QED) is 0.314. The third-order valence-corrected chi connectivity index (χ3v) is 6.28. The summed E-state index contributed by atoms with van der Waals surface area (Å²) in [6.07, 6.45) is 6.27. The molecule has 0 spiro atoms. The Morgan fingerprint density at radius 1 is 0.500 bits per heavy atom. The van der Waals surface area contributed by atoms with Gasteiger partial charge in [-0.25, -0.2) is 0 Å². The van der Waals surface area contributed by atoms with Gasteiger partial charge < -0.3 is 49.3 Å². The van der Waals surface area contributed by atoms with Crippen LogP contribution in [-0.2, 0) is 32.2 Å². The van der Waals surface area contributed by atoms with Gasteiger partial charge in [-0.2, -0.15) is 0 Å². The SMILES string of the molecule is COc1cc2cc(c1O)C=NOCCON=Cc1ccc(c(O)c1O)/C=N\OCCO/N=C\c1cc(cc(OC)c1O)CC2. The summed E-state index contributed by atoms with van der Waals surface area (Å²) >= 11 is 0. The van der Waals surface area contributed by atoms with E-state index >= 15 is 0 Å². The molecule has 3 aromatic carbocycles. The van der Waals surface area contributed by atoms with Crippen LogP contribution in [0, 0.1) is 0 Å². The zero-order valence-corrected chi connectivity index (χ0v) is 24.0. The van der Waals surface area contributed by atoms with E-state index in [9.17, 15) is 20.4 Å². The molecule has 2 aliphatic rings. The Balaban J connectivity index is 1.57.